The summed E-state index contributed by atoms with van der Waals surface area (Å²) >= 11 is 5.20. The van der Waals surface area contributed by atoms with E-state index in [9.17, 15) is 5.11 Å². The van der Waals surface area contributed by atoms with Gasteiger partial charge in [0.15, 0.2) is 0 Å². The molecule has 4 heteroatoms. The monoisotopic (exact) mass is 353 g/mol. The summed E-state index contributed by atoms with van der Waals surface area (Å²) in [5, 5.41) is 12.4. The molecule has 2 nitrogen and oxygen atoms in total. The van der Waals surface area contributed by atoms with E-state index in [2.05, 4.69) is 45.3 Å². The van der Waals surface area contributed by atoms with Crippen molar-refractivity contribution in [2.75, 3.05) is 13.1 Å². The Morgan fingerprint density at radius 3 is 2.60 bits per heavy atom. The number of aliphatic hydroxyl groups is 1. The molecule has 1 aromatic carbocycles. The van der Waals surface area contributed by atoms with E-state index in [4.69, 9.17) is 0 Å². The predicted octanol–water partition coefficient (Wildman–Crippen LogP) is 4.46. The molecule has 0 radical (unpaired) electrons. The van der Waals surface area contributed by atoms with Gasteiger partial charge in [-0.3, -0.25) is 4.90 Å². The maximum Gasteiger partial charge on any atom is 0.0802 e. The third kappa shape index (κ3) is 4.70. The van der Waals surface area contributed by atoms with E-state index < -0.39 is 0 Å². The lowest BCUT2D eigenvalue weighted by Gasteiger charge is -2.21. The highest BCUT2D eigenvalue weighted by atomic mass is 79.9. The molecule has 20 heavy (non-hydrogen) atoms. The normalized spacial score (nSPS) is 12.8. The summed E-state index contributed by atoms with van der Waals surface area (Å²) in [6.45, 7) is 5.05. The van der Waals surface area contributed by atoms with E-state index in [0.717, 1.165) is 36.1 Å². The highest BCUT2D eigenvalue weighted by Gasteiger charge is 2.11. The second-order valence-electron chi connectivity index (χ2n) is 4.80. The first-order chi connectivity index (χ1) is 9.69. The molecule has 1 N–H and O–H groups in total. The SMILES string of the molecule is CCN(CCC(O)c1ccc(Br)cc1)Cc1cccs1. The van der Waals surface area contributed by atoms with Gasteiger partial charge >= 0.3 is 0 Å². The van der Waals surface area contributed by atoms with Gasteiger partial charge in [-0.1, -0.05) is 41.1 Å². The Balaban J connectivity index is 1.84. The highest BCUT2D eigenvalue weighted by molar-refractivity contribution is 9.10. The van der Waals surface area contributed by atoms with Gasteiger partial charge in [0, 0.05) is 22.4 Å². The van der Waals surface area contributed by atoms with E-state index >= 15 is 0 Å². The van der Waals surface area contributed by atoms with E-state index in [1.807, 2.05) is 24.3 Å². The summed E-state index contributed by atoms with van der Waals surface area (Å²) in [6, 6.07) is 12.2. The molecule has 2 aromatic rings. The van der Waals surface area contributed by atoms with Gasteiger partial charge in [0.25, 0.3) is 0 Å². The number of hydrogen-bond donors (Lipinski definition) is 1. The predicted molar refractivity (Wildman–Crippen MR) is 89.0 cm³/mol. The molecular formula is C16H20BrNOS. The fourth-order valence-electron chi connectivity index (χ4n) is 2.13. The smallest absolute Gasteiger partial charge is 0.0802 e. The summed E-state index contributed by atoms with van der Waals surface area (Å²) in [5.41, 5.74) is 0.986. The lowest BCUT2D eigenvalue weighted by Crippen LogP contribution is -2.24. The molecule has 0 fully saturated rings. The molecule has 0 saturated carbocycles. The Kier molecular flexibility index (Phi) is 6.23. The summed E-state index contributed by atoms with van der Waals surface area (Å²) in [5.74, 6) is 0. The van der Waals surface area contributed by atoms with Crippen LogP contribution in [-0.2, 0) is 6.54 Å². The zero-order chi connectivity index (χ0) is 14.4. The minimum atomic E-state index is -0.388. The maximum absolute atomic E-state index is 10.2. The van der Waals surface area contributed by atoms with E-state index in [1.54, 1.807) is 11.3 Å². The van der Waals surface area contributed by atoms with Gasteiger partial charge in [-0.05, 0) is 42.1 Å². The fraction of sp³-hybridized carbons (Fsp3) is 0.375. The number of benzene rings is 1. The molecule has 0 aliphatic carbocycles. The van der Waals surface area contributed by atoms with Crippen LogP contribution in [0.3, 0.4) is 0 Å². The number of halogens is 1. The van der Waals surface area contributed by atoms with E-state index in [-0.39, 0.29) is 6.10 Å². The molecule has 1 atom stereocenters. The summed E-state index contributed by atoms with van der Waals surface area (Å²) in [4.78, 5) is 3.75. The quantitative estimate of drug-likeness (QED) is 0.794. The van der Waals surface area contributed by atoms with Crippen molar-refractivity contribution in [1.82, 2.24) is 4.90 Å². The molecule has 0 spiro atoms. The molecule has 108 valence electrons. The van der Waals surface area contributed by atoms with Crippen LogP contribution in [0.4, 0.5) is 0 Å². The van der Waals surface area contributed by atoms with Gasteiger partial charge in [0.2, 0.25) is 0 Å². The van der Waals surface area contributed by atoms with Crippen molar-refractivity contribution >= 4 is 27.3 Å². The summed E-state index contributed by atoms with van der Waals surface area (Å²) in [6.07, 6.45) is 0.376. The van der Waals surface area contributed by atoms with Crippen molar-refractivity contribution in [2.24, 2.45) is 0 Å². The maximum atomic E-state index is 10.2. The molecule has 1 heterocycles. The summed E-state index contributed by atoms with van der Waals surface area (Å²) < 4.78 is 1.04. The number of rotatable bonds is 7. The Bertz CT molecular complexity index is 498. The largest absolute Gasteiger partial charge is 0.388 e. The van der Waals surface area contributed by atoms with E-state index in [1.165, 1.54) is 4.88 Å². The number of hydrogen-bond acceptors (Lipinski definition) is 3. The molecule has 1 aromatic heterocycles. The molecule has 0 aliphatic rings. The first-order valence-corrected chi connectivity index (χ1v) is 8.54. The second kappa shape index (κ2) is 7.93. The van der Waals surface area contributed by atoms with Gasteiger partial charge in [0.1, 0.15) is 0 Å². The Morgan fingerprint density at radius 1 is 1.25 bits per heavy atom. The van der Waals surface area contributed by atoms with Crippen molar-refractivity contribution in [3.63, 3.8) is 0 Å². The van der Waals surface area contributed by atoms with Crippen LogP contribution in [0.25, 0.3) is 0 Å². The van der Waals surface area contributed by atoms with Crippen molar-refractivity contribution in [3.8, 4) is 0 Å². The molecule has 0 saturated heterocycles. The van der Waals surface area contributed by atoms with Crippen LogP contribution in [0.15, 0.2) is 46.3 Å². The van der Waals surface area contributed by atoms with Crippen LogP contribution in [-0.4, -0.2) is 23.1 Å². The van der Waals surface area contributed by atoms with Gasteiger partial charge in [0.05, 0.1) is 6.10 Å². The van der Waals surface area contributed by atoms with Crippen LogP contribution in [0.5, 0.6) is 0 Å². The molecule has 0 aliphatic heterocycles. The average Bonchev–Trinajstić information content (AvgIpc) is 2.96. The van der Waals surface area contributed by atoms with Crippen molar-refractivity contribution < 1.29 is 5.11 Å². The minimum absolute atomic E-state index is 0.388. The molecule has 0 bridgehead atoms. The molecule has 1 unspecified atom stereocenters. The van der Waals surface area contributed by atoms with Crippen molar-refractivity contribution in [2.45, 2.75) is 26.0 Å². The third-order valence-electron chi connectivity index (χ3n) is 3.38. The van der Waals surface area contributed by atoms with Crippen LogP contribution in [0.1, 0.15) is 29.9 Å². The zero-order valence-corrected chi connectivity index (χ0v) is 14.0. The number of thiophene rings is 1. The standard InChI is InChI=1S/C16H20BrNOS/c1-2-18(12-15-4-3-11-20-15)10-9-16(19)13-5-7-14(17)8-6-13/h3-8,11,16,19H,2,9-10,12H2,1H3. The van der Waals surface area contributed by atoms with Crippen LogP contribution >= 0.6 is 27.3 Å². The lowest BCUT2D eigenvalue weighted by atomic mass is 10.1. The number of aliphatic hydroxyl groups excluding tert-OH is 1. The van der Waals surface area contributed by atoms with Crippen LogP contribution < -0.4 is 0 Å². The Labute approximate surface area is 133 Å². The van der Waals surface area contributed by atoms with Gasteiger partial charge < -0.3 is 5.11 Å². The molecular weight excluding hydrogens is 334 g/mol. The third-order valence-corrected chi connectivity index (χ3v) is 4.77. The van der Waals surface area contributed by atoms with Crippen molar-refractivity contribution in [3.05, 3.63) is 56.7 Å². The average molecular weight is 354 g/mol. The Hall–Kier alpha value is -0.680. The van der Waals surface area contributed by atoms with Crippen LogP contribution in [0, 0.1) is 0 Å². The first kappa shape index (κ1) is 15.7. The lowest BCUT2D eigenvalue weighted by molar-refractivity contribution is 0.142. The summed E-state index contributed by atoms with van der Waals surface area (Å²) in [7, 11) is 0. The molecule has 2 rings (SSSR count). The molecule has 0 amide bonds. The number of nitrogens with zero attached hydrogens (tertiary/aromatic N) is 1. The van der Waals surface area contributed by atoms with Crippen LogP contribution in [0.2, 0.25) is 0 Å². The second-order valence-corrected chi connectivity index (χ2v) is 6.75. The Morgan fingerprint density at radius 2 is 2.00 bits per heavy atom. The topological polar surface area (TPSA) is 23.5 Å². The fourth-order valence-corrected chi connectivity index (χ4v) is 3.14. The van der Waals surface area contributed by atoms with Gasteiger partial charge in [-0.25, -0.2) is 0 Å². The minimum Gasteiger partial charge on any atom is -0.388 e. The van der Waals surface area contributed by atoms with Gasteiger partial charge in [-0.2, -0.15) is 0 Å². The highest BCUT2D eigenvalue weighted by Crippen LogP contribution is 2.20. The van der Waals surface area contributed by atoms with Crippen molar-refractivity contribution in [1.29, 1.82) is 0 Å². The zero-order valence-electron chi connectivity index (χ0n) is 11.6. The van der Waals surface area contributed by atoms with E-state index in [0.29, 0.717) is 0 Å². The van der Waals surface area contributed by atoms with Gasteiger partial charge in [-0.15, -0.1) is 11.3 Å². The first-order valence-electron chi connectivity index (χ1n) is 6.87.